The van der Waals surface area contributed by atoms with Crippen molar-refractivity contribution in [3.05, 3.63) is 0 Å². The summed E-state index contributed by atoms with van der Waals surface area (Å²) in [5, 5.41) is 5.21. The van der Waals surface area contributed by atoms with E-state index in [-0.39, 0.29) is 51.4 Å². The van der Waals surface area contributed by atoms with Gasteiger partial charge in [-0.15, -0.1) is 0 Å². The summed E-state index contributed by atoms with van der Waals surface area (Å²) in [7, 11) is 0. The first-order valence-corrected chi connectivity index (χ1v) is 3.68. The molecule has 0 spiro atoms. The molecule has 2 N–H and O–H groups in total. The first kappa shape index (κ1) is 15.9. The van der Waals surface area contributed by atoms with Crippen LogP contribution in [-0.2, 0) is 0 Å². The van der Waals surface area contributed by atoms with Gasteiger partial charge in [0.05, 0.1) is 0 Å². The third kappa shape index (κ3) is 14.0. The summed E-state index contributed by atoms with van der Waals surface area (Å²) in [6, 6.07) is 0. The molecule has 2 nitrogen and oxygen atoms in total. The van der Waals surface area contributed by atoms with Crippen LogP contribution in [0, 0.1) is 0 Å². The van der Waals surface area contributed by atoms with E-state index < -0.39 is 13.4 Å². The summed E-state index contributed by atoms with van der Waals surface area (Å²) in [5.41, 5.74) is 0. The van der Waals surface area contributed by atoms with Gasteiger partial charge in [-0.25, -0.2) is 0 Å². The van der Waals surface area contributed by atoms with Crippen LogP contribution in [0.15, 0.2) is 0 Å². The Hall–Kier alpha value is 1.41. The second-order valence-electron chi connectivity index (χ2n) is 2.27. The first-order valence-electron chi connectivity index (χ1n) is 3.68. The minimum Gasteiger partial charge on any atom is -0.448 e. The van der Waals surface area contributed by atoms with Crippen LogP contribution >= 0.6 is 0 Å². The summed E-state index contributed by atoms with van der Waals surface area (Å²) < 4.78 is 34.6. The summed E-state index contributed by atoms with van der Waals surface area (Å²) in [6.45, 7) is -1.00. The fraction of sp³-hybridized carbons (Fsp3) is 1.00. The van der Waals surface area contributed by atoms with Crippen LogP contribution in [0.1, 0.15) is 6.92 Å². The van der Waals surface area contributed by atoms with Crippen LogP contribution in [0.3, 0.4) is 0 Å². The van der Waals surface area contributed by atoms with Crippen molar-refractivity contribution in [2.45, 2.75) is 6.92 Å². The van der Waals surface area contributed by atoms with Crippen molar-refractivity contribution in [1.29, 1.82) is 0 Å². The van der Waals surface area contributed by atoms with Crippen molar-refractivity contribution < 1.29 is 64.3 Å². The van der Waals surface area contributed by atoms with Gasteiger partial charge in [0.15, 0.2) is 0 Å². The topological polar surface area (TPSA) is 24.1 Å². The smallest absolute Gasteiger partial charge is 0.448 e. The zero-order chi connectivity index (χ0) is 8.74. The number of rotatable bonds is 6. The summed E-state index contributed by atoms with van der Waals surface area (Å²) in [5.74, 6) is 0. The van der Waals surface area contributed by atoms with Crippen molar-refractivity contribution in [2.75, 3.05) is 26.1 Å². The third-order valence-corrected chi connectivity index (χ3v) is 1.10. The molecule has 0 aliphatic carbocycles. The number of nitrogens with one attached hydrogen (secondary N) is 2. The van der Waals surface area contributed by atoms with Crippen LogP contribution in [0.5, 0.6) is 0 Å². The Labute approximate surface area is 114 Å². The Morgan fingerprint density at radius 3 is 2.00 bits per heavy atom. The van der Waals surface area contributed by atoms with E-state index in [0.717, 1.165) is 6.54 Å². The van der Waals surface area contributed by atoms with Crippen LogP contribution in [0.4, 0.5) is 12.9 Å². The number of halogens is 3. The van der Waals surface area contributed by atoms with Gasteiger partial charge in [0, 0.05) is 13.1 Å². The van der Waals surface area contributed by atoms with E-state index in [1.807, 2.05) is 6.92 Å². The predicted octanol–water partition coefficient (Wildman–Crippen LogP) is -2.42. The van der Waals surface area contributed by atoms with Crippen LogP contribution < -0.4 is 62.0 Å². The second kappa shape index (κ2) is 8.99. The molecule has 0 aromatic rings. The molecule has 0 atom stereocenters. The molecule has 0 aliphatic rings. The Bertz CT molecular complexity index is 101. The third-order valence-electron chi connectivity index (χ3n) is 1.10. The van der Waals surface area contributed by atoms with Gasteiger partial charge >= 0.3 is 58.4 Å². The largest absolute Gasteiger partial charge is 1.00 e. The normalized spacial score (nSPS) is 11.0. The molecule has 0 saturated heterocycles. The van der Waals surface area contributed by atoms with Crippen molar-refractivity contribution in [3.8, 4) is 0 Å². The van der Waals surface area contributed by atoms with E-state index in [1.165, 1.54) is 0 Å². The molecule has 0 aromatic carbocycles. The molecule has 0 amide bonds. The van der Waals surface area contributed by atoms with Gasteiger partial charge < -0.3 is 23.6 Å². The average molecular weight is 208 g/mol. The van der Waals surface area contributed by atoms with E-state index in [0.29, 0.717) is 13.1 Å². The fourth-order valence-corrected chi connectivity index (χ4v) is 0.619. The molecular formula is C5H13BF3KN2. The Morgan fingerprint density at radius 1 is 1.08 bits per heavy atom. The van der Waals surface area contributed by atoms with Crippen LogP contribution in [0.2, 0.25) is 0 Å². The van der Waals surface area contributed by atoms with Crippen LogP contribution in [-0.4, -0.2) is 33.1 Å². The van der Waals surface area contributed by atoms with Gasteiger partial charge in [0.2, 0.25) is 0 Å². The molecule has 0 radical (unpaired) electrons. The van der Waals surface area contributed by atoms with Gasteiger partial charge in [-0.05, 0) is 13.0 Å². The van der Waals surface area contributed by atoms with E-state index in [2.05, 4.69) is 10.6 Å². The fourth-order valence-electron chi connectivity index (χ4n) is 0.619. The summed E-state index contributed by atoms with van der Waals surface area (Å²) >= 11 is 0. The molecule has 0 unspecified atom stereocenters. The molecule has 0 bridgehead atoms. The monoisotopic (exact) mass is 208 g/mol. The summed E-state index contributed by atoms with van der Waals surface area (Å²) in [4.78, 5) is 0. The minimum absolute atomic E-state index is 0. The van der Waals surface area contributed by atoms with E-state index >= 15 is 0 Å². The molecule has 0 fully saturated rings. The molecule has 12 heavy (non-hydrogen) atoms. The maximum Gasteiger partial charge on any atom is 1.00 e. The van der Waals surface area contributed by atoms with Crippen molar-refractivity contribution in [2.24, 2.45) is 0 Å². The predicted molar refractivity (Wildman–Crippen MR) is 40.5 cm³/mol. The molecule has 0 heterocycles. The maximum atomic E-state index is 11.5. The van der Waals surface area contributed by atoms with E-state index in [4.69, 9.17) is 0 Å². The Kier molecular flexibility index (Phi) is 11.9. The molecular weight excluding hydrogens is 195 g/mol. The standard InChI is InChI=1S/C5H13BF3N2.K/c1-2-10-3-4-11-5-6(7,8)9;/h10-11H,2-5H2,1H3;/q-1;+1. The number of likely N-dealkylation sites (N-methyl/N-ethyl adjacent to an activating group) is 1. The van der Waals surface area contributed by atoms with Gasteiger partial charge in [-0.2, -0.15) is 0 Å². The number of hydrogen-bond acceptors (Lipinski definition) is 2. The van der Waals surface area contributed by atoms with Crippen molar-refractivity contribution in [3.63, 3.8) is 0 Å². The minimum atomic E-state index is -4.66. The van der Waals surface area contributed by atoms with Crippen molar-refractivity contribution in [1.82, 2.24) is 10.6 Å². The molecule has 0 aliphatic heterocycles. The molecule has 0 aromatic heterocycles. The molecule has 0 saturated carbocycles. The van der Waals surface area contributed by atoms with Gasteiger partial charge in [-0.3, -0.25) is 0 Å². The first-order chi connectivity index (χ1) is 5.06. The van der Waals surface area contributed by atoms with E-state index in [9.17, 15) is 12.9 Å². The van der Waals surface area contributed by atoms with Gasteiger partial charge in [0.1, 0.15) is 0 Å². The second-order valence-corrected chi connectivity index (χ2v) is 2.27. The quantitative estimate of drug-likeness (QED) is 0.375. The van der Waals surface area contributed by atoms with Crippen molar-refractivity contribution >= 4 is 6.98 Å². The molecule has 68 valence electrons. The maximum absolute atomic E-state index is 11.5. The Balaban J connectivity index is 0. The van der Waals surface area contributed by atoms with Crippen LogP contribution in [0.25, 0.3) is 0 Å². The molecule has 7 heteroatoms. The molecule has 0 rings (SSSR count). The zero-order valence-electron chi connectivity index (χ0n) is 7.54. The zero-order valence-corrected chi connectivity index (χ0v) is 10.7. The Morgan fingerprint density at radius 2 is 1.58 bits per heavy atom. The van der Waals surface area contributed by atoms with Gasteiger partial charge in [0.25, 0.3) is 0 Å². The number of hydrogen-bond donors (Lipinski definition) is 2. The average Bonchev–Trinajstić information content (AvgIpc) is 1.85. The van der Waals surface area contributed by atoms with Gasteiger partial charge in [-0.1, -0.05) is 6.92 Å². The summed E-state index contributed by atoms with van der Waals surface area (Å²) in [6.07, 6.45) is -0.842. The SMILES string of the molecule is CCNCCNC[B-](F)(F)F.[K+]. The van der Waals surface area contributed by atoms with E-state index in [1.54, 1.807) is 0 Å².